The number of rotatable bonds is 2. The molecule has 0 aliphatic heterocycles. The van der Waals surface area contributed by atoms with Crippen LogP contribution >= 0.6 is 0 Å². The van der Waals surface area contributed by atoms with Gasteiger partial charge in [-0.15, -0.1) is 0 Å². The van der Waals surface area contributed by atoms with Crippen LogP contribution in [0.15, 0.2) is 35.5 Å². The van der Waals surface area contributed by atoms with Crippen molar-refractivity contribution in [2.24, 2.45) is 22.7 Å². The average Bonchev–Trinajstić information content (AvgIpc) is 2.92. The highest BCUT2D eigenvalue weighted by Gasteiger charge is 2.55. The van der Waals surface area contributed by atoms with E-state index in [1.165, 1.54) is 11.1 Å². The zero-order valence-corrected chi connectivity index (χ0v) is 17.3. The van der Waals surface area contributed by atoms with Crippen LogP contribution in [-0.2, 0) is 9.59 Å². The summed E-state index contributed by atoms with van der Waals surface area (Å²) in [5.74, 6) is 0.665. The van der Waals surface area contributed by atoms with E-state index in [4.69, 9.17) is 0 Å². The molecule has 1 saturated carbocycles. The third-order valence-corrected chi connectivity index (χ3v) is 7.86. The Morgan fingerprint density at radius 1 is 1.11 bits per heavy atom. The number of aliphatic hydroxyl groups is 1. The second-order valence-corrected chi connectivity index (χ2v) is 9.63. The molecule has 1 fully saturated rings. The topological polar surface area (TPSA) is 78.4 Å². The molecular formula is C23H32N2O3. The Labute approximate surface area is 167 Å². The molecule has 0 aromatic rings. The van der Waals surface area contributed by atoms with Gasteiger partial charge < -0.3 is 15.7 Å². The molecule has 152 valence electrons. The number of hydrogen-bond acceptors (Lipinski definition) is 3. The van der Waals surface area contributed by atoms with Crippen LogP contribution in [-0.4, -0.2) is 35.1 Å². The van der Waals surface area contributed by atoms with Crippen molar-refractivity contribution < 1.29 is 14.7 Å². The zero-order valence-electron chi connectivity index (χ0n) is 17.3. The first-order valence-electron chi connectivity index (χ1n) is 10.5. The maximum Gasteiger partial charge on any atom is 0.217 e. The Kier molecular flexibility index (Phi) is 4.57. The standard InChI is InChI=1S/C23H32N2O3/c1-13(26)24-19-12-15-11-16(28)7-9-22(15,3)18-8-10-23(4)17(21(18)19)5-6-20(23)25-14(2)27/h5-7,9,15-16,18-20,28H,8,10-12H2,1-4H3,(H,24,26)(H,25,27)/t15?,16-,18-,19-,20-,22-,23-/m0/s1. The second-order valence-electron chi connectivity index (χ2n) is 9.63. The minimum absolute atomic E-state index is 0.000628. The number of nitrogens with one attached hydrogen (secondary N) is 2. The van der Waals surface area contributed by atoms with Gasteiger partial charge in [0.2, 0.25) is 11.8 Å². The van der Waals surface area contributed by atoms with Gasteiger partial charge in [-0.2, -0.15) is 0 Å². The van der Waals surface area contributed by atoms with E-state index in [1.54, 1.807) is 13.8 Å². The Hall–Kier alpha value is -1.88. The summed E-state index contributed by atoms with van der Waals surface area (Å²) >= 11 is 0. The van der Waals surface area contributed by atoms with E-state index >= 15 is 0 Å². The number of fused-ring (bicyclic) bond motifs is 4. The van der Waals surface area contributed by atoms with Gasteiger partial charge in [0, 0.05) is 19.3 Å². The van der Waals surface area contributed by atoms with Crippen LogP contribution in [0.3, 0.4) is 0 Å². The summed E-state index contributed by atoms with van der Waals surface area (Å²) in [7, 11) is 0. The molecule has 1 unspecified atom stereocenters. The van der Waals surface area contributed by atoms with E-state index in [0.29, 0.717) is 11.8 Å². The van der Waals surface area contributed by atoms with Crippen LogP contribution in [0, 0.1) is 22.7 Å². The summed E-state index contributed by atoms with van der Waals surface area (Å²) in [6, 6.07) is -0.00435. The number of hydrogen-bond donors (Lipinski definition) is 3. The normalized spacial score (nSPS) is 43.8. The fourth-order valence-corrected chi connectivity index (χ4v) is 6.39. The molecule has 2 amide bonds. The molecule has 5 heteroatoms. The smallest absolute Gasteiger partial charge is 0.217 e. The molecule has 0 aromatic carbocycles. The predicted octanol–water partition coefficient (Wildman–Crippen LogP) is 2.63. The van der Waals surface area contributed by atoms with Crippen molar-refractivity contribution in [1.29, 1.82) is 0 Å². The van der Waals surface area contributed by atoms with Crippen LogP contribution in [0.25, 0.3) is 0 Å². The first kappa shape index (κ1) is 19.4. The van der Waals surface area contributed by atoms with Crippen molar-refractivity contribution in [3.05, 3.63) is 35.5 Å². The van der Waals surface area contributed by atoms with Crippen molar-refractivity contribution in [1.82, 2.24) is 10.6 Å². The summed E-state index contributed by atoms with van der Waals surface area (Å²) < 4.78 is 0. The van der Waals surface area contributed by atoms with Gasteiger partial charge >= 0.3 is 0 Å². The van der Waals surface area contributed by atoms with Gasteiger partial charge in [0.25, 0.3) is 0 Å². The SMILES string of the molecule is CC(=O)N[C@H]1CC2C[C@@H](O)C=C[C@]2(C)[C@H]2CC[C@@]3(C)C(=C12)C=C[C@@H]3NC(C)=O. The van der Waals surface area contributed by atoms with Gasteiger partial charge in [-0.25, -0.2) is 0 Å². The molecule has 0 saturated heterocycles. The highest BCUT2D eigenvalue weighted by atomic mass is 16.3. The summed E-state index contributed by atoms with van der Waals surface area (Å²) in [6.45, 7) is 7.71. The molecule has 0 aromatic heterocycles. The number of carbonyl (C=O) groups is 2. The largest absolute Gasteiger partial charge is 0.389 e. The first-order valence-corrected chi connectivity index (χ1v) is 10.5. The van der Waals surface area contributed by atoms with E-state index in [-0.39, 0.29) is 34.7 Å². The van der Waals surface area contributed by atoms with Crippen molar-refractivity contribution >= 4 is 11.8 Å². The Bertz CT molecular complexity index is 798. The van der Waals surface area contributed by atoms with E-state index in [2.05, 4.69) is 42.7 Å². The molecule has 0 radical (unpaired) electrons. The summed E-state index contributed by atoms with van der Waals surface area (Å²) in [6.07, 6.45) is 11.7. The van der Waals surface area contributed by atoms with Crippen LogP contribution in [0.2, 0.25) is 0 Å². The number of aliphatic hydroxyl groups excluding tert-OH is 1. The molecule has 0 spiro atoms. The lowest BCUT2D eigenvalue weighted by Crippen LogP contribution is -2.55. The van der Waals surface area contributed by atoms with Gasteiger partial charge in [0.1, 0.15) is 0 Å². The maximum absolute atomic E-state index is 12.0. The minimum atomic E-state index is -0.394. The van der Waals surface area contributed by atoms with Gasteiger partial charge in [-0.05, 0) is 54.1 Å². The number of allylic oxidation sites excluding steroid dienone is 2. The molecule has 7 atom stereocenters. The van der Waals surface area contributed by atoms with Gasteiger partial charge in [-0.3, -0.25) is 9.59 Å². The predicted molar refractivity (Wildman–Crippen MR) is 108 cm³/mol. The van der Waals surface area contributed by atoms with Crippen LogP contribution in [0.1, 0.15) is 53.4 Å². The number of carbonyl (C=O) groups excluding carboxylic acids is 2. The Morgan fingerprint density at radius 3 is 2.50 bits per heavy atom. The fourth-order valence-electron chi connectivity index (χ4n) is 6.39. The van der Waals surface area contributed by atoms with Crippen molar-refractivity contribution in [2.45, 2.75) is 71.6 Å². The molecular weight excluding hydrogens is 352 g/mol. The Morgan fingerprint density at radius 2 is 1.82 bits per heavy atom. The molecule has 0 heterocycles. The highest BCUT2D eigenvalue weighted by Crippen LogP contribution is 2.61. The van der Waals surface area contributed by atoms with E-state index in [0.717, 1.165) is 25.7 Å². The van der Waals surface area contributed by atoms with Gasteiger partial charge in [0.15, 0.2) is 0 Å². The molecule has 3 N–H and O–H groups in total. The van der Waals surface area contributed by atoms with Crippen molar-refractivity contribution in [3.8, 4) is 0 Å². The van der Waals surface area contributed by atoms with E-state index in [1.807, 2.05) is 6.08 Å². The molecule has 0 bridgehead atoms. The third-order valence-electron chi connectivity index (χ3n) is 7.86. The molecule has 5 nitrogen and oxygen atoms in total. The molecule has 4 aliphatic rings. The summed E-state index contributed by atoms with van der Waals surface area (Å²) in [5, 5.41) is 16.5. The van der Waals surface area contributed by atoms with Crippen molar-refractivity contribution in [2.75, 3.05) is 0 Å². The van der Waals surface area contributed by atoms with Gasteiger partial charge in [-0.1, -0.05) is 38.2 Å². The summed E-state index contributed by atoms with van der Waals surface area (Å²) in [4.78, 5) is 23.7. The lowest BCUT2D eigenvalue weighted by molar-refractivity contribution is -0.120. The number of amides is 2. The van der Waals surface area contributed by atoms with E-state index in [9.17, 15) is 14.7 Å². The summed E-state index contributed by atoms with van der Waals surface area (Å²) in [5.41, 5.74) is 2.50. The third kappa shape index (κ3) is 2.86. The van der Waals surface area contributed by atoms with E-state index < -0.39 is 6.10 Å². The molecule has 4 aliphatic carbocycles. The maximum atomic E-state index is 12.0. The minimum Gasteiger partial charge on any atom is -0.389 e. The second kappa shape index (κ2) is 6.58. The Balaban J connectivity index is 1.81. The van der Waals surface area contributed by atoms with Crippen LogP contribution < -0.4 is 10.6 Å². The quantitative estimate of drug-likeness (QED) is 0.641. The van der Waals surface area contributed by atoms with Crippen LogP contribution in [0.5, 0.6) is 0 Å². The molecule has 28 heavy (non-hydrogen) atoms. The molecule has 4 rings (SSSR count). The fraction of sp³-hybridized carbons (Fsp3) is 0.652. The lowest BCUT2D eigenvalue weighted by atomic mass is 9.50. The van der Waals surface area contributed by atoms with Gasteiger partial charge in [0.05, 0.1) is 18.2 Å². The first-order chi connectivity index (χ1) is 13.1. The zero-order chi connectivity index (χ0) is 20.3. The lowest BCUT2D eigenvalue weighted by Gasteiger charge is -2.56. The van der Waals surface area contributed by atoms with Crippen LogP contribution in [0.4, 0.5) is 0 Å². The monoisotopic (exact) mass is 384 g/mol. The average molecular weight is 385 g/mol. The van der Waals surface area contributed by atoms with Crippen molar-refractivity contribution in [3.63, 3.8) is 0 Å². The highest BCUT2D eigenvalue weighted by molar-refractivity contribution is 5.75.